The van der Waals surface area contributed by atoms with Crippen molar-refractivity contribution in [3.8, 4) is 0 Å². The Balaban J connectivity index is 1.57. The van der Waals surface area contributed by atoms with Crippen LogP contribution in [0.5, 0.6) is 0 Å². The summed E-state index contributed by atoms with van der Waals surface area (Å²) in [6.07, 6.45) is 2.32. The monoisotopic (exact) mass is 386 g/mol. The zero-order valence-electron chi connectivity index (χ0n) is 16.7. The topological polar surface area (TPSA) is 96.5 Å². The van der Waals surface area contributed by atoms with Crippen LogP contribution in [0, 0.1) is 0 Å². The number of rotatable bonds is 2. The second kappa shape index (κ2) is 6.44. The standard InChI is InChI=1S/C19H26N6O3/c1-18(2,3)20-16(26)15-22-21-14-10-23(4)19(12-25(14)15)7-8-24(11-19)17(27)13-6-5-9-28-13/h5-6,9H,7-8,10-12H2,1-4H3,(H,20,26). The number of likely N-dealkylation sites (tertiary alicyclic amines) is 1. The number of nitrogens with zero attached hydrogens (tertiary/aromatic N) is 5. The molecule has 0 aliphatic carbocycles. The Morgan fingerprint density at radius 1 is 1.25 bits per heavy atom. The van der Waals surface area contributed by atoms with E-state index in [1.165, 1.54) is 6.26 Å². The van der Waals surface area contributed by atoms with Crippen molar-refractivity contribution in [2.45, 2.75) is 51.4 Å². The summed E-state index contributed by atoms with van der Waals surface area (Å²) in [5, 5.41) is 11.3. The normalized spacial score (nSPS) is 22.5. The van der Waals surface area contributed by atoms with Crippen LogP contribution < -0.4 is 5.32 Å². The summed E-state index contributed by atoms with van der Waals surface area (Å²) in [5.74, 6) is 1.12. The summed E-state index contributed by atoms with van der Waals surface area (Å²) in [6.45, 7) is 8.17. The molecule has 1 unspecified atom stereocenters. The molecule has 150 valence electrons. The summed E-state index contributed by atoms with van der Waals surface area (Å²) in [4.78, 5) is 29.4. The van der Waals surface area contributed by atoms with E-state index in [0.29, 0.717) is 37.8 Å². The maximum Gasteiger partial charge on any atom is 0.289 e. The minimum Gasteiger partial charge on any atom is -0.459 e. The third kappa shape index (κ3) is 3.19. The highest BCUT2D eigenvalue weighted by Gasteiger charge is 2.47. The highest BCUT2D eigenvalue weighted by molar-refractivity contribution is 5.92. The van der Waals surface area contributed by atoms with Crippen LogP contribution in [0.15, 0.2) is 22.8 Å². The largest absolute Gasteiger partial charge is 0.459 e. The SMILES string of the molecule is CN1Cc2nnc(C(=O)NC(C)(C)C)n2CC12CCN(C(=O)c1ccco1)C2. The van der Waals surface area contributed by atoms with Crippen LogP contribution in [0.2, 0.25) is 0 Å². The second-order valence-electron chi connectivity index (χ2n) is 8.76. The summed E-state index contributed by atoms with van der Waals surface area (Å²) in [5.41, 5.74) is -0.610. The summed E-state index contributed by atoms with van der Waals surface area (Å²) in [6, 6.07) is 3.40. The van der Waals surface area contributed by atoms with Crippen molar-refractivity contribution in [2.24, 2.45) is 0 Å². The minimum absolute atomic E-state index is 0.101. The Labute approximate surface area is 163 Å². The van der Waals surface area contributed by atoms with Gasteiger partial charge < -0.3 is 19.2 Å². The average Bonchev–Trinajstić information content (AvgIpc) is 3.33. The second-order valence-corrected chi connectivity index (χ2v) is 8.76. The predicted molar refractivity (Wildman–Crippen MR) is 101 cm³/mol. The molecule has 0 saturated carbocycles. The van der Waals surface area contributed by atoms with Gasteiger partial charge in [-0.2, -0.15) is 0 Å². The molecule has 0 radical (unpaired) electrons. The van der Waals surface area contributed by atoms with Gasteiger partial charge in [0.15, 0.2) is 5.76 Å². The molecule has 0 aromatic carbocycles. The molecule has 1 spiro atoms. The summed E-state index contributed by atoms with van der Waals surface area (Å²) < 4.78 is 7.17. The van der Waals surface area contributed by atoms with Gasteiger partial charge in [-0.25, -0.2) is 0 Å². The number of aromatic nitrogens is 3. The fraction of sp³-hybridized carbons (Fsp3) is 0.579. The molecule has 9 nitrogen and oxygen atoms in total. The van der Waals surface area contributed by atoms with E-state index in [1.807, 2.05) is 37.3 Å². The molecular weight excluding hydrogens is 360 g/mol. The fourth-order valence-electron chi connectivity index (χ4n) is 4.00. The van der Waals surface area contributed by atoms with Gasteiger partial charge in [0.05, 0.1) is 18.3 Å². The molecule has 28 heavy (non-hydrogen) atoms. The average molecular weight is 386 g/mol. The first-order chi connectivity index (χ1) is 13.2. The van der Waals surface area contributed by atoms with E-state index >= 15 is 0 Å². The Hall–Kier alpha value is -2.68. The molecule has 4 heterocycles. The van der Waals surface area contributed by atoms with Gasteiger partial charge in [-0.3, -0.25) is 14.5 Å². The van der Waals surface area contributed by atoms with Gasteiger partial charge in [0.1, 0.15) is 5.82 Å². The van der Waals surface area contributed by atoms with Gasteiger partial charge in [0, 0.05) is 25.2 Å². The Kier molecular flexibility index (Phi) is 4.29. The lowest BCUT2D eigenvalue weighted by atomic mass is 9.94. The van der Waals surface area contributed by atoms with E-state index in [1.54, 1.807) is 12.1 Å². The quantitative estimate of drug-likeness (QED) is 0.831. The number of hydrogen-bond donors (Lipinski definition) is 1. The lowest BCUT2D eigenvalue weighted by Crippen LogP contribution is -2.55. The minimum atomic E-state index is -0.355. The van der Waals surface area contributed by atoms with Crippen molar-refractivity contribution in [3.63, 3.8) is 0 Å². The Morgan fingerprint density at radius 3 is 2.71 bits per heavy atom. The molecule has 9 heteroatoms. The molecule has 2 aliphatic heterocycles. The van der Waals surface area contributed by atoms with E-state index in [9.17, 15) is 9.59 Å². The van der Waals surface area contributed by atoms with Crippen LogP contribution in [-0.4, -0.2) is 67.6 Å². The van der Waals surface area contributed by atoms with Gasteiger partial charge in [0.25, 0.3) is 11.8 Å². The highest BCUT2D eigenvalue weighted by atomic mass is 16.3. The van der Waals surface area contributed by atoms with Crippen molar-refractivity contribution in [2.75, 3.05) is 20.1 Å². The zero-order chi connectivity index (χ0) is 20.1. The Morgan fingerprint density at radius 2 is 2.04 bits per heavy atom. The van der Waals surface area contributed by atoms with Gasteiger partial charge >= 0.3 is 0 Å². The number of nitrogens with one attached hydrogen (secondary N) is 1. The first kappa shape index (κ1) is 18.7. The summed E-state index contributed by atoms with van der Waals surface area (Å²) >= 11 is 0. The number of amides is 2. The number of likely N-dealkylation sites (N-methyl/N-ethyl adjacent to an activating group) is 1. The van der Waals surface area contributed by atoms with E-state index in [0.717, 1.165) is 12.2 Å². The number of fused-ring (bicyclic) bond motifs is 1. The van der Waals surface area contributed by atoms with E-state index in [4.69, 9.17) is 4.42 Å². The number of carbonyl (C=O) groups is 2. The first-order valence-corrected chi connectivity index (χ1v) is 9.47. The lowest BCUT2D eigenvalue weighted by Gasteiger charge is -2.42. The maximum absolute atomic E-state index is 12.7. The zero-order valence-corrected chi connectivity index (χ0v) is 16.7. The van der Waals surface area contributed by atoms with Gasteiger partial charge in [-0.15, -0.1) is 10.2 Å². The van der Waals surface area contributed by atoms with E-state index in [-0.39, 0.29) is 22.9 Å². The van der Waals surface area contributed by atoms with Crippen LogP contribution in [0.4, 0.5) is 0 Å². The predicted octanol–water partition coefficient (Wildman–Crippen LogP) is 1.13. The third-order valence-corrected chi connectivity index (χ3v) is 5.51. The number of furan rings is 1. The van der Waals surface area contributed by atoms with Crippen molar-refractivity contribution < 1.29 is 14.0 Å². The van der Waals surface area contributed by atoms with Crippen LogP contribution in [0.1, 0.15) is 54.2 Å². The van der Waals surface area contributed by atoms with Crippen molar-refractivity contribution in [1.82, 2.24) is 29.9 Å². The van der Waals surface area contributed by atoms with Crippen LogP contribution >= 0.6 is 0 Å². The molecule has 1 saturated heterocycles. The summed E-state index contributed by atoms with van der Waals surface area (Å²) in [7, 11) is 2.04. The van der Waals surface area contributed by atoms with E-state index in [2.05, 4.69) is 20.4 Å². The van der Waals surface area contributed by atoms with Crippen molar-refractivity contribution in [1.29, 1.82) is 0 Å². The van der Waals surface area contributed by atoms with Gasteiger partial charge in [0.2, 0.25) is 5.82 Å². The number of carbonyl (C=O) groups excluding carboxylic acids is 2. The molecule has 2 aromatic heterocycles. The smallest absolute Gasteiger partial charge is 0.289 e. The van der Waals surface area contributed by atoms with Gasteiger partial charge in [-0.05, 0) is 46.4 Å². The molecule has 2 aliphatic rings. The molecule has 0 bridgehead atoms. The van der Waals surface area contributed by atoms with E-state index < -0.39 is 0 Å². The molecule has 2 aromatic rings. The molecular formula is C19H26N6O3. The number of hydrogen-bond acceptors (Lipinski definition) is 6. The van der Waals surface area contributed by atoms with Crippen LogP contribution in [0.3, 0.4) is 0 Å². The molecule has 1 N–H and O–H groups in total. The van der Waals surface area contributed by atoms with Crippen molar-refractivity contribution >= 4 is 11.8 Å². The Bertz CT molecular complexity index is 897. The molecule has 4 rings (SSSR count). The third-order valence-electron chi connectivity index (χ3n) is 5.51. The molecule has 1 fully saturated rings. The fourth-order valence-corrected chi connectivity index (χ4v) is 4.00. The first-order valence-electron chi connectivity index (χ1n) is 9.47. The van der Waals surface area contributed by atoms with Gasteiger partial charge in [-0.1, -0.05) is 0 Å². The maximum atomic E-state index is 12.7. The van der Waals surface area contributed by atoms with Crippen molar-refractivity contribution in [3.05, 3.63) is 35.8 Å². The lowest BCUT2D eigenvalue weighted by molar-refractivity contribution is 0.0553. The molecule has 1 atom stereocenters. The molecule has 2 amide bonds. The van der Waals surface area contributed by atoms with Crippen LogP contribution in [0.25, 0.3) is 0 Å². The highest BCUT2D eigenvalue weighted by Crippen LogP contribution is 2.34. The van der Waals surface area contributed by atoms with Crippen LogP contribution in [-0.2, 0) is 13.1 Å².